The van der Waals surface area contributed by atoms with Crippen LogP contribution in [-0.4, -0.2) is 19.9 Å². The zero-order valence-corrected chi connectivity index (χ0v) is 45.3. The van der Waals surface area contributed by atoms with Gasteiger partial charge in [-0.3, -0.25) is 0 Å². The van der Waals surface area contributed by atoms with Crippen LogP contribution in [0.15, 0.2) is 223 Å². The Labute approximate surface area is 462 Å². The molecule has 0 atom stereocenters. The van der Waals surface area contributed by atoms with Crippen molar-refractivity contribution in [1.82, 2.24) is 0 Å². The molecule has 0 radical (unpaired) electrons. The Hall–Kier alpha value is -9.20. The fraction of sp³-hybridized carbons (Fsp3) is 0.139. The summed E-state index contributed by atoms with van der Waals surface area (Å²) >= 11 is 0. The molecule has 0 N–H and O–H groups in total. The number of benzene rings is 10. The molecule has 11 aromatic rings. The Bertz CT molecular complexity index is 4180. The molecule has 7 heteroatoms. The smallest absolute Gasteiger partial charge is 0.252 e. The minimum absolute atomic E-state index is 0.0154. The first-order valence-corrected chi connectivity index (χ1v) is 27.7. The molecule has 10 aromatic carbocycles. The normalized spacial score (nSPS) is 14.3. The molecule has 0 amide bonds. The fourth-order valence-electron chi connectivity index (χ4n) is 13.2. The largest absolute Gasteiger partial charge is 0.486 e. The number of nitrogens with zero attached hydrogens (tertiary/aromatic N) is 3. The fourth-order valence-corrected chi connectivity index (χ4v) is 13.2. The second kappa shape index (κ2) is 17.7. The first-order valence-electron chi connectivity index (χ1n) is 27.7. The first kappa shape index (κ1) is 47.1. The molecule has 0 bridgehead atoms. The van der Waals surface area contributed by atoms with E-state index >= 15 is 0 Å². The summed E-state index contributed by atoms with van der Waals surface area (Å²) in [6.07, 6.45) is 0. The van der Waals surface area contributed by atoms with Crippen LogP contribution in [0.3, 0.4) is 0 Å². The van der Waals surface area contributed by atoms with Gasteiger partial charge in [-0.2, -0.15) is 0 Å². The summed E-state index contributed by atoms with van der Waals surface area (Å²) in [5.74, 6) is 2.36. The molecule has 4 heterocycles. The summed E-state index contributed by atoms with van der Waals surface area (Å²) in [5.41, 5.74) is 24.8. The van der Waals surface area contributed by atoms with E-state index in [0.717, 1.165) is 107 Å². The maximum atomic E-state index is 6.83. The van der Waals surface area contributed by atoms with Crippen LogP contribution in [0.2, 0.25) is 0 Å². The summed E-state index contributed by atoms with van der Waals surface area (Å²) in [5, 5.41) is 1.07. The lowest BCUT2D eigenvalue weighted by molar-refractivity contribution is 0.172. The average molecular weight is 1020 g/mol. The van der Waals surface area contributed by atoms with Crippen LogP contribution in [0.4, 0.5) is 51.2 Å². The van der Waals surface area contributed by atoms with Crippen molar-refractivity contribution in [1.29, 1.82) is 0 Å². The highest BCUT2D eigenvalue weighted by Gasteiger charge is 2.46. The maximum Gasteiger partial charge on any atom is 0.252 e. The van der Waals surface area contributed by atoms with Gasteiger partial charge in [-0.15, -0.1) is 0 Å². The van der Waals surface area contributed by atoms with E-state index in [-0.39, 0.29) is 17.5 Å². The maximum absolute atomic E-state index is 6.83. The molecule has 79 heavy (non-hydrogen) atoms. The van der Waals surface area contributed by atoms with E-state index in [1.807, 2.05) is 6.07 Å². The number of para-hydroxylation sites is 3. The van der Waals surface area contributed by atoms with Gasteiger partial charge in [-0.25, -0.2) is 0 Å². The van der Waals surface area contributed by atoms with Crippen molar-refractivity contribution in [3.8, 4) is 45.1 Å². The van der Waals surface area contributed by atoms with Crippen molar-refractivity contribution in [2.45, 2.75) is 52.4 Å². The zero-order valence-electron chi connectivity index (χ0n) is 45.3. The lowest BCUT2D eigenvalue weighted by Crippen LogP contribution is -2.61. The van der Waals surface area contributed by atoms with Crippen molar-refractivity contribution < 1.29 is 13.9 Å². The third-order valence-corrected chi connectivity index (χ3v) is 16.9. The van der Waals surface area contributed by atoms with Crippen molar-refractivity contribution in [3.05, 3.63) is 241 Å². The number of fused-ring (bicyclic) bond motifs is 10. The van der Waals surface area contributed by atoms with Crippen LogP contribution in [0.5, 0.6) is 11.5 Å². The molecule has 15 rings (SSSR count). The molecule has 1 aromatic heterocycles. The molecule has 6 nitrogen and oxygen atoms in total. The summed E-state index contributed by atoms with van der Waals surface area (Å²) in [7, 11) is 0. The Balaban J connectivity index is 1.02. The number of anilines is 9. The van der Waals surface area contributed by atoms with Gasteiger partial charge in [0.2, 0.25) is 0 Å². The summed E-state index contributed by atoms with van der Waals surface area (Å²) < 4.78 is 20.0. The van der Waals surface area contributed by atoms with E-state index in [9.17, 15) is 0 Å². The second-order valence-corrected chi connectivity index (χ2v) is 23.2. The van der Waals surface area contributed by atoms with E-state index in [0.29, 0.717) is 13.2 Å². The molecule has 0 unspecified atom stereocenters. The highest BCUT2D eigenvalue weighted by Crippen LogP contribution is 2.53. The standard InChI is InChI=1S/C72H58BN3O3/c1-45-37-63-68-64(38-45)76(53-28-26-50(27-29-53)71(2,3)4)69-61(33-34-66-70(69)78-36-35-77-66)73(68)60-32-30-54(74(51-18-9-7-10-19-51)52-20-11-8-12-21-52)44-62(60)75(63)55-40-48(39-49(41-55)67-43-47-17-13-16-24-65(47)79-67)46-25-31-57-56-22-14-15-23-58(56)72(5,6)59(57)42-46/h7-34,37-44H,35-36H2,1-6H3. The van der Waals surface area contributed by atoms with Gasteiger partial charge in [0.15, 0.2) is 11.5 Å². The predicted molar refractivity (Wildman–Crippen MR) is 328 cm³/mol. The highest BCUT2D eigenvalue weighted by molar-refractivity contribution is 7.00. The second-order valence-electron chi connectivity index (χ2n) is 23.2. The van der Waals surface area contributed by atoms with Crippen LogP contribution in [0.25, 0.3) is 44.5 Å². The van der Waals surface area contributed by atoms with Crippen LogP contribution < -0.4 is 40.6 Å². The van der Waals surface area contributed by atoms with Crippen molar-refractivity contribution in [2.24, 2.45) is 0 Å². The van der Waals surface area contributed by atoms with Crippen LogP contribution in [-0.2, 0) is 10.8 Å². The molecule has 382 valence electrons. The quantitative estimate of drug-likeness (QED) is 0.148. The average Bonchev–Trinajstić information content (AvgIpc) is 4.11. The van der Waals surface area contributed by atoms with Gasteiger partial charge >= 0.3 is 0 Å². The monoisotopic (exact) mass is 1020 g/mol. The molecular weight excluding hydrogens is 966 g/mol. The van der Waals surface area contributed by atoms with E-state index < -0.39 is 0 Å². The Morgan fingerprint density at radius 3 is 1.94 bits per heavy atom. The number of rotatable bonds is 7. The molecule has 0 saturated carbocycles. The lowest BCUT2D eigenvalue weighted by atomic mass is 9.33. The van der Waals surface area contributed by atoms with Gasteiger partial charge in [-0.05, 0) is 176 Å². The summed E-state index contributed by atoms with van der Waals surface area (Å²) in [6.45, 7) is 14.6. The molecule has 0 fully saturated rings. The van der Waals surface area contributed by atoms with Gasteiger partial charge in [0.25, 0.3) is 6.71 Å². The van der Waals surface area contributed by atoms with Gasteiger partial charge in [-0.1, -0.05) is 150 Å². The number of furan rings is 1. The Kier molecular flexibility index (Phi) is 10.5. The zero-order chi connectivity index (χ0) is 53.3. The molecule has 0 spiro atoms. The molecular formula is C72H58BN3O3. The third kappa shape index (κ3) is 7.47. The number of ether oxygens (including phenoxy) is 2. The first-order chi connectivity index (χ1) is 38.5. The van der Waals surface area contributed by atoms with E-state index in [2.05, 4.69) is 269 Å². The number of aryl methyl sites for hydroxylation is 1. The van der Waals surface area contributed by atoms with Crippen molar-refractivity contribution >= 4 is 85.3 Å². The topological polar surface area (TPSA) is 41.3 Å². The van der Waals surface area contributed by atoms with E-state index in [4.69, 9.17) is 13.9 Å². The van der Waals surface area contributed by atoms with Gasteiger partial charge in [0, 0.05) is 61.9 Å². The van der Waals surface area contributed by atoms with Crippen LogP contribution >= 0.6 is 0 Å². The molecule has 3 aliphatic heterocycles. The summed E-state index contributed by atoms with van der Waals surface area (Å²) in [4.78, 5) is 7.36. The molecule has 4 aliphatic rings. The Morgan fingerprint density at radius 1 is 0.506 bits per heavy atom. The molecule has 0 saturated heterocycles. The molecule has 1 aliphatic carbocycles. The van der Waals surface area contributed by atoms with Gasteiger partial charge in [0.1, 0.15) is 24.6 Å². The number of hydrogen-bond donors (Lipinski definition) is 0. The highest BCUT2D eigenvalue weighted by atomic mass is 16.6. The van der Waals surface area contributed by atoms with Crippen LogP contribution in [0, 0.1) is 6.92 Å². The van der Waals surface area contributed by atoms with Crippen molar-refractivity contribution in [2.75, 3.05) is 27.9 Å². The van der Waals surface area contributed by atoms with E-state index in [1.54, 1.807) is 0 Å². The van der Waals surface area contributed by atoms with Gasteiger partial charge < -0.3 is 28.6 Å². The van der Waals surface area contributed by atoms with Gasteiger partial charge in [0.05, 0.1) is 5.69 Å². The lowest BCUT2D eigenvalue weighted by Gasteiger charge is -2.45. The minimum atomic E-state index is -0.173. The summed E-state index contributed by atoms with van der Waals surface area (Å²) in [6, 6.07) is 80.4. The predicted octanol–water partition coefficient (Wildman–Crippen LogP) is 17.0. The number of hydrogen-bond acceptors (Lipinski definition) is 6. The van der Waals surface area contributed by atoms with E-state index in [1.165, 1.54) is 38.7 Å². The van der Waals surface area contributed by atoms with Crippen LogP contribution in [0.1, 0.15) is 56.9 Å². The van der Waals surface area contributed by atoms with Crippen molar-refractivity contribution in [3.63, 3.8) is 0 Å². The third-order valence-electron chi connectivity index (χ3n) is 16.9. The minimum Gasteiger partial charge on any atom is -0.486 e. The SMILES string of the molecule is Cc1cc2c3c(c1)N(c1ccc(C(C)(C)C)cc1)c1c(ccc4c1OCCO4)B3c1ccc(N(c3ccccc3)c3ccccc3)cc1N2c1cc(-c2ccc3c(c2)C(C)(C)c2ccccc2-3)cc(-c2cc3ccccc3o2)c1. The Morgan fingerprint density at radius 2 is 1.18 bits per heavy atom.